The summed E-state index contributed by atoms with van der Waals surface area (Å²) in [4.78, 5) is 29.8. The van der Waals surface area contributed by atoms with E-state index in [1.54, 1.807) is 17.0 Å². The summed E-state index contributed by atoms with van der Waals surface area (Å²) < 4.78 is 6.14. The van der Waals surface area contributed by atoms with Gasteiger partial charge in [0.15, 0.2) is 0 Å². The lowest BCUT2D eigenvalue weighted by molar-refractivity contribution is -0.141. The molecule has 0 radical (unpaired) electrons. The lowest BCUT2D eigenvalue weighted by Gasteiger charge is -2.43. The minimum atomic E-state index is -0.424. The number of carbonyl (C=O) groups excluding carboxylic acids is 2. The molecule has 1 saturated heterocycles. The Balaban J connectivity index is 1.74. The Morgan fingerprint density at radius 2 is 1.82 bits per heavy atom. The second-order valence-corrected chi connectivity index (χ2v) is 10.1. The van der Waals surface area contributed by atoms with E-state index < -0.39 is 5.41 Å². The SMILES string of the molecule is CC(C)CC(=O)N1CCCC(COc2ccc(Cl)cc2)(CC(=O)N(C)Cc2ccccc2)C1. The number of likely N-dealkylation sites (tertiary alicyclic amines) is 1. The third-order valence-corrected chi connectivity index (χ3v) is 6.42. The van der Waals surface area contributed by atoms with Crippen molar-refractivity contribution in [2.24, 2.45) is 11.3 Å². The summed E-state index contributed by atoms with van der Waals surface area (Å²) in [5.74, 6) is 1.25. The summed E-state index contributed by atoms with van der Waals surface area (Å²) in [7, 11) is 1.84. The van der Waals surface area contributed by atoms with Crippen LogP contribution in [0.3, 0.4) is 0 Å². The lowest BCUT2D eigenvalue weighted by Crippen LogP contribution is -2.50. The molecule has 1 unspecified atom stereocenters. The van der Waals surface area contributed by atoms with E-state index in [-0.39, 0.29) is 11.8 Å². The quantitative estimate of drug-likeness (QED) is 0.491. The van der Waals surface area contributed by atoms with E-state index in [1.807, 2.05) is 54.4 Å². The van der Waals surface area contributed by atoms with Gasteiger partial charge in [-0.15, -0.1) is 0 Å². The largest absolute Gasteiger partial charge is 0.493 e. The van der Waals surface area contributed by atoms with Crippen LogP contribution < -0.4 is 4.74 Å². The summed E-state index contributed by atoms with van der Waals surface area (Å²) in [6, 6.07) is 17.2. The Hall–Kier alpha value is -2.53. The van der Waals surface area contributed by atoms with Crippen molar-refractivity contribution in [2.75, 3.05) is 26.7 Å². The van der Waals surface area contributed by atoms with Gasteiger partial charge in [0.1, 0.15) is 5.75 Å². The number of ether oxygens (including phenoxy) is 1. The maximum atomic E-state index is 13.3. The first-order chi connectivity index (χ1) is 15.8. The lowest BCUT2D eigenvalue weighted by atomic mass is 9.77. The molecular weight excluding hydrogens is 436 g/mol. The molecule has 2 amide bonds. The van der Waals surface area contributed by atoms with Crippen LogP contribution in [0.5, 0.6) is 5.75 Å². The summed E-state index contributed by atoms with van der Waals surface area (Å²) in [5.41, 5.74) is 0.671. The monoisotopic (exact) mass is 470 g/mol. The molecule has 1 heterocycles. The van der Waals surface area contributed by atoms with Crippen LogP contribution in [0, 0.1) is 11.3 Å². The third-order valence-electron chi connectivity index (χ3n) is 6.17. The molecule has 3 rings (SSSR count). The summed E-state index contributed by atoms with van der Waals surface area (Å²) in [6.45, 7) is 6.33. The molecule has 33 heavy (non-hydrogen) atoms. The molecule has 1 fully saturated rings. The number of carbonyl (C=O) groups is 2. The molecule has 0 aromatic heterocycles. The smallest absolute Gasteiger partial charge is 0.223 e. The van der Waals surface area contributed by atoms with Gasteiger partial charge in [0.25, 0.3) is 0 Å². The zero-order valence-corrected chi connectivity index (χ0v) is 20.7. The topological polar surface area (TPSA) is 49.9 Å². The van der Waals surface area contributed by atoms with Crippen molar-refractivity contribution in [1.82, 2.24) is 9.80 Å². The van der Waals surface area contributed by atoms with E-state index in [4.69, 9.17) is 16.3 Å². The normalized spacial score (nSPS) is 18.3. The Morgan fingerprint density at radius 3 is 2.48 bits per heavy atom. The maximum absolute atomic E-state index is 13.3. The van der Waals surface area contributed by atoms with Gasteiger partial charge >= 0.3 is 0 Å². The van der Waals surface area contributed by atoms with Crippen molar-refractivity contribution in [3.63, 3.8) is 0 Å². The van der Waals surface area contributed by atoms with Crippen molar-refractivity contribution in [1.29, 1.82) is 0 Å². The highest BCUT2D eigenvalue weighted by molar-refractivity contribution is 6.30. The summed E-state index contributed by atoms with van der Waals surface area (Å²) >= 11 is 6.00. The predicted octanol–water partition coefficient (Wildman–Crippen LogP) is 5.42. The van der Waals surface area contributed by atoms with Gasteiger partial charge in [-0.3, -0.25) is 9.59 Å². The van der Waals surface area contributed by atoms with Crippen molar-refractivity contribution in [2.45, 2.75) is 46.1 Å². The molecule has 0 aliphatic carbocycles. The van der Waals surface area contributed by atoms with Crippen LogP contribution in [-0.4, -0.2) is 48.4 Å². The zero-order valence-electron chi connectivity index (χ0n) is 19.9. The van der Waals surface area contributed by atoms with E-state index in [1.165, 1.54) is 0 Å². The fraction of sp³-hybridized carbons (Fsp3) is 0.481. The first-order valence-electron chi connectivity index (χ1n) is 11.7. The standard InChI is InChI=1S/C27H35ClN2O3/c1-21(2)16-25(31)30-15-7-14-27(19-30,20-33-24-12-10-23(28)11-13-24)17-26(32)29(3)18-22-8-5-4-6-9-22/h4-6,8-13,21H,7,14-20H2,1-3H3. The van der Waals surface area contributed by atoms with Crippen LogP contribution >= 0.6 is 11.6 Å². The van der Waals surface area contributed by atoms with Crippen LogP contribution in [-0.2, 0) is 16.1 Å². The molecule has 0 spiro atoms. The molecule has 2 aromatic carbocycles. The molecule has 1 aliphatic heterocycles. The number of hydrogen-bond acceptors (Lipinski definition) is 3. The molecule has 1 aliphatic rings. The van der Waals surface area contributed by atoms with E-state index in [9.17, 15) is 9.59 Å². The molecule has 6 heteroatoms. The third kappa shape index (κ3) is 7.50. The number of rotatable bonds is 9. The fourth-order valence-corrected chi connectivity index (χ4v) is 4.51. The zero-order chi connectivity index (χ0) is 23.8. The van der Waals surface area contributed by atoms with Gasteiger partial charge in [-0.1, -0.05) is 55.8 Å². The first kappa shape index (κ1) is 25.1. The Morgan fingerprint density at radius 1 is 1.12 bits per heavy atom. The number of hydrogen-bond donors (Lipinski definition) is 0. The number of nitrogens with zero attached hydrogens (tertiary/aromatic N) is 2. The van der Waals surface area contributed by atoms with E-state index in [2.05, 4.69) is 13.8 Å². The van der Waals surface area contributed by atoms with Crippen molar-refractivity contribution < 1.29 is 14.3 Å². The number of halogens is 1. The van der Waals surface area contributed by atoms with Gasteiger partial charge in [0.05, 0.1) is 6.61 Å². The van der Waals surface area contributed by atoms with Gasteiger partial charge in [-0.25, -0.2) is 0 Å². The second kappa shape index (κ2) is 11.6. The number of piperidine rings is 1. The predicted molar refractivity (Wildman–Crippen MR) is 132 cm³/mol. The van der Waals surface area contributed by atoms with Crippen LogP contribution in [0.25, 0.3) is 0 Å². The fourth-order valence-electron chi connectivity index (χ4n) is 4.38. The van der Waals surface area contributed by atoms with Crippen LogP contribution in [0.2, 0.25) is 5.02 Å². The highest BCUT2D eigenvalue weighted by Crippen LogP contribution is 2.36. The minimum Gasteiger partial charge on any atom is -0.493 e. The molecule has 0 bridgehead atoms. The molecular formula is C27H35ClN2O3. The van der Waals surface area contributed by atoms with Gasteiger partial charge in [-0.05, 0) is 48.6 Å². The molecule has 178 valence electrons. The minimum absolute atomic E-state index is 0.0664. The van der Waals surface area contributed by atoms with Crippen LogP contribution in [0.4, 0.5) is 0 Å². The second-order valence-electron chi connectivity index (χ2n) is 9.67. The van der Waals surface area contributed by atoms with E-state index >= 15 is 0 Å². The van der Waals surface area contributed by atoms with E-state index in [0.29, 0.717) is 43.5 Å². The molecule has 0 saturated carbocycles. The van der Waals surface area contributed by atoms with Gasteiger partial charge in [-0.2, -0.15) is 0 Å². The molecule has 2 aromatic rings. The van der Waals surface area contributed by atoms with Gasteiger partial charge in [0.2, 0.25) is 11.8 Å². The number of amides is 2. The van der Waals surface area contributed by atoms with Crippen molar-refractivity contribution >= 4 is 23.4 Å². The van der Waals surface area contributed by atoms with Gasteiger partial charge in [0, 0.05) is 50.0 Å². The average molecular weight is 471 g/mol. The Bertz CT molecular complexity index is 917. The highest BCUT2D eigenvalue weighted by atomic mass is 35.5. The Labute approximate surface area is 202 Å². The molecule has 1 atom stereocenters. The van der Waals surface area contributed by atoms with E-state index in [0.717, 1.165) is 30.7 Å². The van der Waals surface area contributed by atoms with Gasteiger partial charge < -0.3 is 14.5 Å². The van der Waals surface area contributed by atoms with Crippen LogP contribution in [0.1, 0.15) is 45.1 Å². The maximum Gasteiger partial charge on any atom is 0.223 e. The number of benzene rings is 2. The van der Waals surface area contributed by atoms with Crippen LogP contribution in [0.15, 0.2) is 54.6 Å². The molecule has 0 N–H and O–H groups in total. The van der Waals surface area contributed by atoms with Crippen molar-refractivity contribution in [3.05, 3.63) is 65.2 Å². The molecule has 5 nitrogen and oxygen atoms in total. The first-order valence-corrected chi connectivity index (χ1v) is 12.1. The Kier molecular flexibility index (Phi) is 8.79. The summed E-state index contributed by atoms with van der Waals surface area (Å²) in [5, 5.41) is 0.651. The van der Waals surface area contributed by atoms with Crippen molar-refractivity contribution in [3.8, 4) is 5.75 Å². The summed E-state index contributed by atoms with van der Waals surface area (Å²) in [6.07, 6.45) is 2.58. The average Bonchev–Trinajstić information content (AvgIpc) is 2.79. The highest BCUT2D eigenvalue weighted by Gasteiger charge is 2.40.